The molecule has 0 aromatic heterocycles. The van der Waals surface area contributed by atoms with Crippen molar-refractivity contribution in [2.24, 2.45) is 5.73 Å². The Balaban J connectivity index is 2.37. The molecule has 1 aromatic rings. The zero-order valence-electron chi connectivity index (χ0n) is 11.6. The van der Waals surface area contributed by atoms with E-state index in [0.29, 0.717) is 30.1 Å². The smallest absolute Gasteiger partial charge is 0.325 e. The van der Waals surface area contributed by atoms with Gasteiger partial charge in [0.2, 0.25) is 0 Å². The second-order valence-corrected chi connectivity index (χ2v) is 5.83. The Morgan fingerprint density at radius 1 is 1.40 bits per heavy atom. The van der Waals surface area contributed by atoms with E-state index in [1.807, 2.05) is 0 Å². The van der Waals surface area contributed by atoms with Crippen molar-refractivity contribution in [3.05, 3.63) is 29.8 Å². The number of esters is 1. The number of halogens is 2. The molecular weight excluding hydrogens is 284 g/mol. The zero-order valence-corrected chi connectivity index (χ0v) is 12.4. The summed E-state index contributed by atoms with van der Waals surface area (Å²) in [7, 11) is 0. The van der Waals surface area contributed by atoms with Crippen LogP contribution in [0, 0.1) is 11.6 Å². The average Bonchev–Trinajstić information content (AvgIpc) is 2.39. The molecule has 3 nitrogen and oxygen atoms in total. The molecule has 1 rings (SSSR count). The Labute approximate surface area is 121 Å². The van der Waals surface area contributed by atoms with Gasteiger partial charge in [0.25, 0.3) is 0 Å². The third kappa shape index (κ3) is 5.09. The maximum Gasteiger partial charge on any atom is 0.325 e. The fourth-order valence-corrected chi connectivity index (χ4v) is 2.47. The SMILES string of the molecule is CCOC(=O)C(C)(N)CCCSc1ccc(F)c(F)c1. The first-order valence-corrected chi connectivity index (χ1v) is 7.39. The van der Waals surface area contributed by atoms with Gasteiger partial charge in [-0.3, -0.25) is 4.79 Å². The monoisotopic (exact) mass is 303 g/mol. The van der Waals surface area contributed by atoms with E-state index in [4.69, 9.17) is 10.5 Å². The van der Waals surface area contributed by atoms with Crippen LogP contribution in [-0.4, -0.2) is 23.9 Å². The molecule has 2 N–H and O–H groups in total. The molecule has 6 heteroatoms. The molecule has 0 spiro atoms. The molecule has 0 amide bonds. The summed E-state index contributed by atoms with van der Waals surface area (Å²) < 4.78 is 30.6. The minimum atomic E-state index is -1.01. The van der Waals surface area contributed by atoms with Crippen LogP contribution in [0.5, 0.6) is 0 Å². The van der Waals surface area contributed by atoms with Gasteiger partial charge in [-0.2, -0.15) is 0 Å². The van der Waals surface area contributed by atoms with Crippen LogP contribution in [0.2, 0.25) is 0 Å². The van der Waals surface area contributed by atoms with E-state index < -0.39 is 23.1 Å². The van der Waals surface area contributed by atoms with E-state index in [1.165, 1.54) is 17.8 Å². The van der Waals surface area contributed by atoms with Crippen molar-refractivity contribution in [3.63, 3.8) is 0 Å². The molecule has 20 heavy (non-hydrogen) atoms. The Morgan fingerprint density at radius 3 is 2.70 bits per heavy atom. The highest BCUT2D eigenvalue weighted by molar-refractivity contribution is 7.99. The van der Waals surface area contributed by atoms with Gasteiger partial charge in [-0.25, -0.2) is 8.78 Å². The second-order valence-electron chi connectivity index (χ2n) is 4.67. The predicted octanol–water partition coefficient (Wildman–Crippen LogP) is 3.12. The summed E-state index contributed by atoms with van der Waals surface area (Å²) in [5, 5.41) is 0. The normalized spacial score (nSPS) is 13.8. The van der Waals surface area contributed by atoms with Gasteiger partial charge >= 0.3 is 5.97 Å². The molecule has 112 valence electrons. The molecule has 0 heterocycles. The molecule has 0 saturated heterocycles. The van der Waals surface area contributed by atoms with Gasteiger partial charge in [0.15, 0.2) is 11.6 Å². The molecular formula is C14H19F2NO2S. The van der Waals surface area contributed by atoms with E-state index in [1.54, 1.807) is 13.8 Å². The Hall–Kier alpha value is -1.14. The zero-order chi connectivity index (χ0) is 15.2. The maximum atomic E-state index is 13.0. The van der Waals surface area contributed by atoms with Gasteiger partial charge in [-0.05, 0) is 50.6 Å². The number of carbonyl (C=O) groups is 1. The standard InChI is InChI=1S/C14H19F2NO2S/c1-3-19-13(18)14(2,17)7-4-8-20-10-5-6-11(15)12(16)9-10/h5-6,9H,3-4,7-8,17H2,1-2H3. The van der Waals surface area contributed by atoms with Crippen LogP contribution in [0.15, 0.2) is 23.1 Å². The van der Waals surface area contributed by atoms with Gasteiger partial charge in [-0.1, -0.05) is 0 Å². The molecule has 0 aliphatic rings. The van der Waals surface area contributed by atoms with E-state index in [0.717, 1.165) is 12.1 Å². The number of thioether (sulfide) groups is 1. The largest absolute Gasteiger partial charge is 0.465 e. The summed E-state index contributed by atoms with van der Waals surface area (Å²) in [5.74, 6) is -1.47. The number of hydrogen-bond donors (Lipinski definition) is 1. The highest BCUT2D eigenvalue weighted by Crippen LogP contribution is 2.23. The highest BCUT2D eigenvalue weighted by atomic mass is 32.2. The Bertz CT molecular complexity index is 466. The van der Waals surface area contributed by atoms with Crippen molar-refractivity contribution in [3.8, 4) is 0 Å². The first-order chi connectivity index (χ1) is 9.36. The molecule has 0 saturated carbocycles. The maximum absolute atomic E-state index is 13.0. The minimum absolute atomic E-state index is 0.301. The summed E-state index contributed by atoms with van der Waals surface area (Å²) in [5.41, 5.74) is 4.87. The summed E-state index contributed by atoms with van der Waals surface area (Å²) >= 11 is 1.39. The average molecular weight is 303 g/mol. The molecule has 0 fully saturated rings. The quantitative estimate of drug-likeness (QED) is 0.478. The second kappa shape index (κ2) is 7.59. The van der Waals surface area contributed by atoms with Crippen LogP contribution in [0.1, 0.15) is 26.7 Å². The summed E-state index contributed by atoms with van der Waals surface area (Å²) in [6, 6.07) is 3.78. The molecule has 0 radical (unpaired) electrons. The molecule has 0 bridgehead atoms. The Morgan fingerprint density at radius 2 is 2.10 bits per heavy atom. The van der Waals surface area contributed by atoms with Crippen molar-refractivity contribution in [2.75, 3.05) is 12.4 Å². The third-order valence-electron chi connectivity index (χ3n) is 2.74. The van der Waals surface area contributed by atoms with Crippen LogP contribution < -0.4 is 5.73 Å². The van der Waals surface area contributed by atoms with Gasteiger partial charge in [-0.15, -0.1) is 11.8 Å². The first kappa shape index (κ1) is 16.9. The van der Waals surface area contributed by atoms with Crippen LogP contribution >= 0.6 is 11.8 Å². The Kier molecular flexibility index (Phi) is 6.42. The van der Waals surface area contributed by atoms with E-state index >= 15 is 0 Å². The predicted molar refractivity (Wildman–Crippen MR) is 75.5 cm³/mol. The van der Waals surface area contributed by atoms with Crippen LogP contribution in [0.25, 0.3) is 0 Å². The molecule has 1 aromatic carbocycles. The van der Waals surface area contributed by atoms with E-state index in [2.05, 4.69) is 0 Å². The van der Waals surface area contributed by atoms with E-state index in [9.17, 15) is 13.6 Å². The summed E-state index contributed by atoms with van der Waals surface area (Å²) in [6.45, 7) is 3.66. The minimum Gasteiger partial charge on any atom is -0.465 e. The molecule has 1 unspecified atom stereocenters. The van der Waals surface area contributed by atoms with Crippen LogP contribution in [-0.2, 0) is 9.53 Å². The number of nitrogens with two attached hydrogens (primary N) is 1. The topological polar surface area (TPSA) is 52.3 Å². The lowest BCUT2D eigenvalue weighted by Gasteiger charge is -2.21. The fraction of sp³-hybridized carbons (Fsp3) is 0.500. The third-order valence-corrected chi connectivity index (χ3v) is 3.82. The highest BCUT2D eigenvalue weighted by Gasteiger charge is 2.29. The van der Waals surface area contributed by atoms with Gasteiger partial charge in [0.1, 0.15) is 5.54 Å². The number of hydrogen-bond acceptors (Lipinski definition) is 4. The van der Waals surface area contributed by atoms with Crippen molar-refractivity contribution in [2.45, 2.75) is 37.1 Å². The fourth-order valence-electron chi connectivity index (χ4n) is 1.59. The van der Waals surface area contributed by atoms with E-state index in [-0.39, 0.29) is 0 Å². The number of rotatable bonds is 7. The number of benzene rings is 1. The summed E-state index contributed by atoms with van der Waals surface area (Å²) in [4.78, 5) is 12.2. The van der Waals surface area contributed by atoms with Crippen molar-refractivity contribution < 1.29 is 18.3 Å². The summed E-state index contributed by atoms with van der Waals surface area (Å²) in [6.07, 6.45) is 1.15. The molecule has 0 aliphatic carbocycles. The lowest BCUT2D eigenvalue weighted by atomic mass is 9.98. The first-order valence-electron chi connectivity index (χ1n) is 6.41. The van der Waals surface area contributed by atoms with Crippen molar-refractivity contribution in [1.29, 1.82) is 0 Å². The van der Waals surface area contributed by atoms with Gasteiger partial charge in [0, 0.05) is 4.90 Å². The molecule has 1 atom stereocenters. The van der Waals surface area contributed by atoms with Crippen molar-refractivity contribution in [1.82, 2.24) is 0 Å². The lowest BCUT2D eigenvalue weighted by Crippen LogP contribution is -2.46. The number of carbonyl (C=O) groups excluding carboxylic acids is 1. The lowest BCUT2D eigenvalue weighted by molar-refractivity contribution is -0.149. The van der Waals surface area contributed by atoms with Crippen LogP contribution in [0.4, 0.5) is 8.78 Å². The van der Waals surface area contributed by atoms with Gasteiger partial charge < -0.3 is 10.5 Å². The number of ether oxygens (including phenoxy) is 1. The van der Waals surface area contributed by atoms with Gasteiger partial charge in [0.05, 0.1) is 6.61 Å². The molecule has 0 aliphatic heterocycles. The van der Waals surface area contributed by atoms with Crippen molar-refractivity contribution >= 4 is 17.7 Å². The van der Waals surface area contributed by atoms with Crippen LogP contribution in [0.3, 0.4) is 0 Å².